The number of ketones is 2. The predicted molar refractivity (Wildman–Crippen MR) is 147 cm³/mol. The maximum absolute atomic E-state index is 12.8. The average molecular weight is 547 g/mol. The second-order valence-corrected chi connectivity index (χ2v) is 12.3. The molecule has 0 radical (unpaired) electrons. The standard InChI is InChI=1S/C24H32O4.C7H6N4O/c1-14-12-18-19(22(4)9-6-17(27)13-21(14)22)7-10-23(5)20(18)8-11-24(23,15(2)25)28-16(3)26;12-7(10-3-1-8-5-10)11-4-2-9-6-11/h12-13,18-20H,6-11H2,1-5H3;1-6H/t18-,19+,20+,22-,23+,24+;/m1./s1. The van der Waals surface area contributed by atoms with Gasteiger partial charge in [0.15, 0.2) is 17.2 Å². The Morgan fingerprint density at radius 2 is 1.57 bits per heavy atom. The number of fused-ring (bicyclic) bond motifs is 5. The number of allylic oxidation sites excluding steroid dienone is 4. The maximum Gasteiger partial charge on any atom is 0.338 e. The number of ether oxygens (including phenoxy) is 1. The van der Waals surface area contributed by atoms with Crippen LogP contribution in [0.5, 0.6) is 0 Å². The van der Waals surface area contributed by atoms with Crippen LogP contribution < -0.4 is 0 Å². The maximum atomic E-state index is 12.8. The number of hydrogen-bond donors (Lipinski definition) is 0. The minimum Gasteiger partial charge on any atom is -0.451 e. The zero-order chi connectivity index (χ0) is 28.9. The van der Waals surface area contributed by atoms with Gasteiger partial charge in [0.05, 0.1) is 0 Å². The van der Waals surface area contributed by atoms with E-state index < -0.39 is 5.60 Å². The second kappa shape index (κ2) is 10.1. The molecule has 6 rings (SSSR count). The van der Waals surface area contributed by atoms with Crippen LogP contribution in [0.4, 0.5) is 4.79 Å². The fourth-order valence-corrected chi connectivity index (χ4v) is 8.36. The monoisotopic (exact) mass is 546 g/mol. The normalized spacial score (nSPS) is 34.2. The lowest BCUT2D eigenvalue weighted by atomic mass is 9.47. The molecule has 9 nitrogen and oxygen atoms in total. The molecule has 0 amide bonds. The summed E-state index contributed by atoms with van der Waals surface area (Å²) in [6.45, 7) is 9.63. The van der Waals surface area contributed by atoms with Gasteiger partial charge in [-0.05, 0) is 80.8 Å². The lowest BCUT2D eigenvalue weighted by molar-refractivity contribution is -0.185. The molecule has 212 valence electrons. The van der Waals surface area contributed by atoms with Gasteiger partial charge in [0, 0.05) is 43.5 Å². The highest BCUT2D eigenvalue weighted by atomic mass is 16.6. The van der Waals surface area contributed by atoms with Crippen molar-refractivity contribution in [1.82, 2.24) is 19.1 Å². The van der Waals surface area contributed by atoms with E-state index in [1.807, 2.05) is 6.08 Å². The molecule has 4 aliphatic rings. The van der Waals surface area contributed by atoms with Gasteiger partial charge in [0.2, 0.25) is 0 Å². The molecule has 0 bridgehead atoms. The van der Waals surface area contributed by atoms with Gasteiger partial charge >= 0.3 is 12.0 Å². The van der Waals surface area contributed by atoms with E-state index in [9.17, 15) is 19.2 Å². The molecule has 0 aliphatic heterocycles. The molecule has 2 saturated carbocycles. The molecular formula is C31H38N4O5. The SMILES string of the molecule is CC(=O)O[C@]1(C(C)=O)CC[C@H]2[C@@H]3C=C(C)C4=CC(=O)CC[C@]4(C)[C@H]3CC[C@@]21C.O=C(n1ccnc1)n1ccnc1. The largest absolute Gasteiger partial charge is 0.451 e. The molecule has 2 heterocycles. The van der Waals surface area contributed by atoms with Crippen LogP contribution in [0.3, 0.4) is 0 Å². The van der Waals surface area contributed by atoms with Crippen molar-refractivity contribution in [2.24, 2.45) is 28.6 Å². The van der Waals surface area contributed by atoms with Crippen molar-refractivity contribution in [2.45, 2.75) is 78.7 Å². The number of carbonyl (C=O) groups is 4. The first-order chi connectivity index (χ1) is 18.9. The van der Waals surface area contributed by atoms with Gasteiger partial charge in [-0.1, -0.05) is 25.5 Å². The van der Waals surface area contributed by atoms with Crippen molar-refractivity contribution in [1.29, 1.82) is 0 Å². The number of nitrogens with zero attached hydrogens (tertiary/aromatic N) is 4. The summed E-state index contributed by atoms with van der Waals surface area (Å²) < 4.78 is 8.57. The van der Waals surface area contributed by atoms with Gasteiger partial charge in [-0.25, -0.2) is 14.8 Å². The number of esters is 1. The lowest BCUT2D eigenvalue weighted by Crippen LogP contribution is -2.58. The quantitative estimate of drug-likeness (QED) is 0.478. The van der Waals surface area contributed by atoms with Crippen molar-refractivity contribution in [3.05, 3.63) is 60.7 Å². The molecule has 2 aromatic heterocycles. The Labute approximate surface area is 234 Å². The minimum atomic E-state index is -0.990. The van der Waals surface area contributed by atoms with Gasteiger partial charge < -0.3 is 4.74 Å². The molecule has 40 heavy (non-hydrogen) atoms. The minimum absolute atomic E-state index is 0.0160. The summed E-state index contributed by atoms with van der Waals surface area (Å²) in [5, 5.41) is 0. The van der Waals surface area contributed by atoms with E-state index in [1.165, 1.54) is 39.9 Å². The highest BCUT2D eigenvalue weighted by molar-refractivity contribution is 5.92. The number of hydrogen-bond acceptors (Lipinski definition) is 7. The van der Waals surface area contributed by atoms with Gasteiger partial charge in [0.1, 0.15) is 12.7 Å². The summed E-state index contributed by atoms with van der Waals surface area (Å²) in [6.07, 6.45) is 18.4. The molecular weight excluding hydrogens is 508 g/mol. The van der Waals surface area contributed by atoms with Crippen molar-refractivity contribution >= 4 is 23.6 Å². The zero-order valence-corrected chi connectivity index (χ0v) is 23.9. The van der Waals surface area contributed by atoms with Gasteiger partial charge in [-0.2, -0.15) is 0 Å². The fourth-order valence-electron chi connectivity index (χ4n) is 8.36. The Bertz CT molecular complexity index is 1350. The zero-order valence-electron chi connectivity index (χ0n) is 23.9. The van der Waals surface area contributed by atoms with Crippen LogP contribution in [0.15, 0.2) is 60.7 Å². The Morgan fingerprint density at radius 3 is 2.12 bits per heavy atom. The molecule has 0 aromatic carbocycles. The van der Waals surface area contributed by atoms with E-state index >= 15 is 0 Å². The van der Waals surface area contributed by atoms with Crippen LogP contribution in [0.25, 0.3) is 0 Å². The Morgan fingerprint density at radius 1 is 0.950 bits per heavy atom. The van der Waals surface area contributed by atoms with E-state index in [4.69, 9.17) is 4.74 Å². The van der Waals surface area contributed by atoms with Gasteiger partial charge in [-0.3, -0.25) is 23.5 Å². The summed E-state index contributed by atoms with van der Waals surface area (Å²) in [6, 6.07) is -0.190. The third-order valence-electron chi connectivity index (χ3n) is 10.3. The number of rotatable bonds is 2. The number of carbonyl (C=O) groups excluding carboxylic acids is 4. The van der Waals surface area contributed by atoms with E-state index in [0.717, 1.165) is 25.7 Å². The van der Waals surface area contributed by atoms with Crippen LogP contribution in [0.1, 0.15) is 73.1 Å². The first-order valence-corrected chi connectivity index (χ1v) is 14.1. The third-order valence-corrected chi connectivity index (χ3v) is 10.3. The number of imidazole rings is 2. The number of aromatic nitrogens is 4. The lowest BCUT2D eigenvalue weighted by Gasteiger charge is -2.58. The molecule has 0 N–H and O–H groups in total. The van der Waals surface area contributed by atoms with E-state index in [-0.39, 0.29) is 34.4 Å². The molecule has 0 saturated heterocycles. The highest BCUT2D eigenvalue weighted by Crippen LogP contribution is 2.67. The summed E-state index contributed by atoms with van der Waals surface area (Å²) in [4.78, 5) is 55.7. The molecule has 0 unspecified atom stereocenters. The molecule has 2 aromatic rings. The topological polar surface area (TPSA) is 113 Å². The smallest absolute Gasteiger partial charge is 0.338 e. The highest BCUT2D eigenvalue weighted by Gasteiger charge is 2.67. The summed E-state index contributed by atoms with van der Waals surface area (Å²) in [5.74, 6) is 1.03. The van der Waals surface area contributed by atoms with Gasteiger partial charge in [-0.15, -0.1) is 0 Å². The van der Waals surface area contributed by atoms with Crippen molar-refractivity contribution in [2.75, 3.05) is 0 Å². The molecule has 6 atom stereocenters. The molecule has 0 spiro atoms. The Hall–Kier alpha value is -3.62. The molecule has 2 fully saturated rings. The van der Waals surface area contributed by atoms with Crippen molar-refractivity contribution < 1.29 is 23.9 Å². The van der Waals surface area contributed by atoms with E-state index in [1.54, 1.807) is 31.7 Å². The summed E-state index contributed by atoms with van der Waals surface area (Å²) in [7, 11) is 0. The first kappa shape index (κ1) is 27.9. The average Bonchev–Trinajstić information content (AvgIpc) is 3.67. The predicted octanol–water partition coefficient (Wildman–Crippen LogP) is 5.17. The van der Waals surface area contributed by atoms with Crippen LogP contribution in [0, 0.1) is 28.6 Å². The van der Waals surface area contributed by atoms with Gasteiger partial charge in [0.25, 0.3) is 0 Å². The fraction of sp³-hybridized carbons (Fsp3) is 0.548. The van der Waals surface area contributed by atoms with Crippen LogP contribution in [-0.2, 0) is 19.1 Å². The summed E-state index contributed by atoms with van der Waals surface area (Å²) in [5.41, 5.74) is 1.15. The third kappa shape index (κ3) is 4.30. The second-order valence-electron chi connectivity index (χ2n) is 12.3. The first-order valence-electron chi connectivity index (χ1n) is 14.1. The van der Waals surface area contributed by atoms with Crippen LogP contribution in [0.2, 0.25) is 0 Å². The van der Waals surface area contributed by atoms with E-state index in [2.05, 4.69) is 36.8 Å². The Kier molecular flexibility index (Phi) is 7.04. The van der Waals surface area contributed by atoms with Crippen LogP contribution >= 0.6 is 0 Å². The summed E-state index contributed by atoms with van der Waals surface area (Å²) >= 11 is 0. The molecule has 9 heteroatoms. The van der Waals surface area contributed by atoms with E-state index in [0.29, 0.717) is 30.6 Å². The van der Waals surface area contributed by atoms with Crippen molar-refractivity contribution in [3.8, 4) is 0 Å². The molecule has 4 aliphatic carbocycles. The van der Waals surface area contributed by atoms with Crippen LogP contribution in [-0.4, -0.2) is 48.3 Å². The van der Waals surface area contributed by atoms with Crippen molar-refractivity contribution in [3.63, 3.8) is 0 Å². The number of Topliss-reactive ketones (excluding diaryl/α,β-unsaturated/α-hetero) is 1. The Balaban J connectivity index is 0.000000223.